The fourth-order valence-electron chi connectivity index (χ4n) is 4.23. The van der Waals surface area contributed by atoms with Gasteiger partial charge in [-0.2, -0.15) is 0 Å². The van der Waals surface area contributed by atoms with Gasteiger partial charge in [-0.05, 0) is 37.8 Å². The van der Waals surface area contributed by atoms with Crippen LogP contribution in [-0.4, -0.2) is 28.2 Å². The number of aliphatic carboxylic acids is 1. The van der Waals surface area contributed by atoms with Crippen molar-refractivity contribution in [3.63, 3.8) is 0 Å². The van der Waals surface area contributed by atoms with Crippen LogP contribution in [0.25, 0.3) is 10.9 Å². The van der Waals surface area contributed by atoms with E-state index in [1.807, 2.05) is 4.57 Å². The van der Waals surface area contributed by atoms with Crippen LogP contribution >= 0.6 is 0 Å². The van der Waals surface area contributed by atoms with Crippen molar-refractivity contribution >= 4 is 28.2 Å². The Bertz CT molecular complexity index is 931. The number of nitrogens with zero attached hydrogens (tertiary/aromatic N) is 1. The van der Waals surface area contributed by atoms with Gasteiger partial charge in [0.15, 0.2) is 0 Å². The van der Waals surface area contributed by atoms with Crippen LogP contribution in [0.2, 0.25) is 0 Å². The molecule has 0 radical (unpaired) electrons. The van der Waals surface area contributed by atoms with Crippen molar-refractivity contribution in [2.75, 3.05) is 17.2 Å². The zero-order valence-electron chi connectivity index (χ0n) is 17.1. The number of hydrogen-bond donors (Lipinski definition) is 3. The molecule has 2 aromatic rings. The highest BCUT2D eigenvalue weighted by Gasteiger charge is 2.19. The van der Waals surface area contributed by atoms with Gasteiger partial charge < -0.3 is 20.3 Å². The molecule has 1 heterocycles. The second-order valence-electron chi connectivity index (χ2n) is 7.83. The van der Waals surface area contributed by atoms with Crippen molar-refractivity contribution in [3.8, 4) is 0 Å². The number of rotatable bonds is 8. The number of nitrogens with one attached hydrogen (secondary N) is 2. The number of hydrogen-bond acceptors (Lipinski definition) is 4. The fraction of sp³-hybridized carbons (Fsp3) is 0.545. The zero-order chi connectivity index (χ0) is 21.0. The first-order valence-electron chi connectivity index (χ1n) is 10.5. The lowest BCUT2D eigenvalue weighted by molar-refractivity contribution is -0.134. The highest BCUT2D eigenvalue weighted by molar-refractivity contribution is 5.86. The topological polar surface area (TPSA) is 83.4 Å². The molecule has 1 saturated carbocycles. The summed E-state index contributed by atoms with van der Waals surface area (Å²) in [7, 11) is 0. The quantitative estimate of drug-likeness (QED) is 0.593. The molecule has 6 nitrogen and oxygen atoms in total. The first kappa shape index (κ1) is 21.1. The molecular weight excluding hydrogens is 373 g/mol. The third-order valence-corrected chi connectivity index (χ3v) is 5.85. The molecular formula is C22H30FN3O3. The summed E-state index contributed by atoms with van der Waals surface area (Å²) >= 11 is 0. The lowest BCUT2D eigenvalue weighted by atomic mass is 9.95. The molecule has 158 valence electrons. The Labute approximate surface area is 170 Å². The van der Waals surface area contributed by atoms with Gasteiger partial charge >= 0.3 is 5.97 Å². The summed E-state index contributed by atoms with van der Waals surface area (Å²) in [5.41, 5.74) is 0.893. The van der Waals surface area contributed by atoms with E-state index >= 15 is 0 Å². The normalized spacial score (nSPS) is 15.0. The van der Waals surface area contributed by atoms with Crippen LogP contribution < -0.4 is 16.1 Å². The summed E-state index contributed by atoms with van der Waals surface area (Å²) in [5, 5.41) is 15.2. The molecule has 1 fully saturated rings. The van der Waals surface area contributed by atoms with Crippen molar-refractivity contribution in [1.29, 1.82) is 0 Å². The molecule has 0 atom stereocenters. The third kappa shape index (κ3) is 4.71. The third-order valence-electron chi connectivity index (χ3n) is 5.85. The first-order valence-corrected chi connectivity index (χ1v) is 10.5. The van der Waals surface area contributed by atoms with Gasteiger partial charge in [0.2, 0.25) is 5.43 Å². The average Bonchev–Trinajstić information content (AvgIpc) is 2.71. The number of aromatic nitrogens is 1. The standard InChI is InChI=1S/C22H30FN3O3/c1-3-15(4-2)26-13-19(24-12-21(27)28)22(29)16-10-17(23)18(11-20(16)26)25-14-8-6-5-7-9-14/h10-11,13-15,24-25H,3-9,12H2,1-2H3,(H,27,28). The summed E-state index contributed by atoms with van der Waals surface area (Å²) in [5.74, 6) is -1.51. The number of carboxylic acids is 1. The number of fused-ring (bicyclic) bond motifs is 1. The minimum atomic E-state index is -1.06. The molecule has 1 aliphatic rings. The van der Waals surface area contributed by atoms with E-state index in [-0.39, 0.29) is 35.1 Å². The molecule has 1 aliphatic carbocycles. The molecule has 7 heteroatoms. The minimum absolute atomic E-state index is 0.122. The van der Waals surface area contributed by atoms with Gasteiger partial charge in [0.05, 0.1) is 22.3 Å². The van der Waals surface area contributed by atoms with E-state index in [2.05, 4.69) is 24.5 Å². The van der Waals surface area contributed by atoms with Gasteiger partial charge in [-0.15, -0.1) is 0 Å². The molecule has 29 heavy (non-hydrogen) atoms. The predicted molar refractivity (Wildman–Crippen MR) is 114 cm³/mol. The Morgan fingerprint density at radius 3 is 2.52 bits per heavy atom. The number of anilines is 2. The Morgan fingerprint density at radius 2 is 1.90 bits per heavy atom. The number of pyridine rings is 1. The van der Waals surface area contributed by atoms with E-state index < -0.39 is 11.8 Å². The number of carbonyl (C=O) groups is 1. The van der Waals surface area contributed by atoms with E-state index in [1.165, 1.54) is 12.5 Å². The maximum Gasteiger partial charge on any atom is 0.322 e. The van der Waals surface area contributed by atoms with Crippen LogP contribution in [0.5, 0.6) is 0 Å². The van der Waals surface area contributed by atoms with Crippen LogP contribution in [0.3, 0.4) is 0 Å². The highest BCUT2D eigenvalue weighted by atomic mass is 19.1. The van der Waals surface area contributed by atoms with Crippen LogP contribution in [-0.2, 0) is 4.79 Å². The van der Waals surface area contributed by atoms with E-state index in [0.717, 1.165) is 38.5 Å². The highest BCUT2D eigenvalue weighted by Crippen LogP contribution is 2.29. The van der Waals surface area contributed by atoms with Gasteiger partial charge in [-0.3, -0.25) is 9.59 Å². The second kappa shape index (κ2) is 9.29. The molecule has 3 N–H and O–H groups in total. The van der Waals surface area contributed by atoms with Gasteiger partial charge in [0, 0.05) is 18.3 Å². The fourth-order valence-corrected chi connectivity index (χ4v) is 4.23. The van der Waals surface area contributed by atoms with Crippen LogP contribution in [0.4, 0.5) is 15.8 Å². The monoisotopic (exact) mass is 403 g/mol. The Morgan fingerprint density at radius 1 is 1.21 bits per heavy atom. The molecule has 0 saturated heterocycles. The molecule has 1 aromatic heterocycles. The van der Waals surface area contributed by atoms with Crippen molar-refractivity contribution in [3.05, 3.63) is 34.4 Å². The van der Waals surface area contributed by atoms with Crippen molar-refractivity contribution in [2.24, 2.45) is 0 Å². The molecule has 0 bridgehead atoms. The number of carboxylic acid groups (broad SMARTS) is 1. The molecule has 0 aliphatic heterocycles. The van der Waals surface area contributed by atoms with Gasteiger partial charge in [0.1, 0.15) is 12.4 Å². The predicted octanol–water partition coefficient (Wildman–Crippen LogP) is 4.74. The van der Waals surface area contributed by atoms with Crippen molar-refractivity contribution in [1.82, 2.24) is 4.57 Å². The zero-order valence-corrected chi connectivity index (χ0v) is 17.1. The van der Waals surface area contributed by atoms with Crippen LogP contribution in [0.15, 0.2) is 23.1 Å². The molecule has 0 spiro atoms. The second-order valence-corrected chi connectivity index (χ2v) is 7.83. The maximum atomic E-state index is 14.9. The number of halogens is 1. The molecule has 3 rings (SSSR count). The molecule has 0 amide bonds. The lowest BCUT2D eigenvalue weighted by Crippen LogP contribution is -2.24. The van der Waals surface area contributed by atoms with E-state index in [0.29, 0.717) is 11.2 Å². The van der Waals surface area contributed by atoms with Crippen molar-refractivity contribution < 1.29 is 14.3 Å². The molecule has 1 aromatic carbocycles. The van der Waals surface area contributed by atoms with E-state index in [4.69, 9.17) is 5.11 Å². The number of benzene rings is 1. The van der Waals surface area contributed by atoms with Crippen LogP contribution in [0.1, 0.15) is 64.8 Å². The Hall–Kier alpha value is -2.57. The van der Waals surface area contributed by atoms with Gasteiger partial charge in [0.25, 0.3) is 0 Å². The van der Waals surface area contributed by atoms with Gasteiger partial charge in [-0.25, -0.2) is 4.39 Å². The first-order chi connectivity index (χ1) is 13.9. The lowest BCUT2D eigenvalue weighted by Gasteiger charge is -2.25. The van der Waals surface area contributed by atoms with Crippen LogP contribution in [0, 0.1) is 5.82 Å². The Balaban J connectivity index is 2.10. The van der Waals surface area contributed by atoms with E-state index in [9.17, 15) is 14.0 Å². The maximum absolute atomic E-state index is 14.9. The summed E-state index contributed by atoms with van der Waals surface area (Å²) in [6, 6.07) is 3.39. The average molecular weight is 403 g/mol. The van der Waals surface area contributed by atoms with Crippen molar-refractivity contribution in [2.45, 2.75) is 70.9 Å². The summed E-state index contributed by atoms with van der Waals surface area (Å²) in [6.45, 7) is 3.76. The summed E-state index contributed by atoms with van der Waals surface area (Å²) in [6.07, 6.45) is 8.91. The SMILES string of the molecule is CCC(CC)n1cc(NCC(=O)O)c(=O)c2cc(F)c(NC3CCCCC3)cc21. The summed E-state index contributed by atoms with van der Waals surface area (Å²) < 4.78 is 16.9. The van der Waals surface area contributed by atoms with Gasteiger partial charge in [-0.1, -0.05) is 33.1 Å². The van der Waals surface area contributed by atoms with E-state index in [1.54, 1.807) is 12.3 Å². The summed E-state index contributed by atoms with van der Waals surface area (Å²) in [4.78, 5) is 23.8. The molecule has 0 unspecified atom stereocenters. The minimum Gasteiger partial charge on any atom is -0.480 e. The largest absolute Gasteiger partial charge is 0.480 e. The smallest absolute Gasteiger partial charge is 0.322 e. The Kier molecular flexibility index (Phi) is 6.77.